The standard InChI is InChI=1S/C9H14INO/c1-4-7(10)9-5-8(6(2)3)11-12-9/h5-7H,4H2,1-3H3. The summed E-state index contributed by atoms with van der Waals surface area (Å²) in [7, 11) is 0. The Morgan fingerprint density at radius 3 is 2.67 bits per heavy atom. The maximum absolute atomic E-state index is 5.22. The molecule has 1 aromatic heterocycles. The summed E-state index contributed by atoms with van der Waals surface area (Å²) in [5.74, 6) is 1.46. The van der Waals surface area contributed by atoms with Crippen molar-refractivity contribution in [3.63, 3.8) is 0 Å². The average Bonchev–Trinajstić information content (AvgIpc) is 2.51. The van der Waals surface area contributed by atoms with Gasteiger partial charge in [-0.2, -0.15) is 0 Å². The molecular formula is C9H14INO. The van der Waals surface area contributed by atoms with Crippen LogP contribution in [-0.4, -0.2) is 5.16 Å². The quantitative estimate of drug-likeness (QED) is 0.623. The first-order valence-corrected chi connectivity index (χ1v) is 5.50. The van der Waals surface area contributed by atoms with Gasteiger partial charge in [-0.3, -0.25) is 0 Å². The fourth-order valence-electron chi connectivity index (χ4n) is 0.925. The molecule has 2 nitrogen and oxygen atoms in total. The fourth-order valence-corrected chi connectivity index (χ4v) is 1.22. The van der Waals surface area contributed by atoms with Gasteiger partial charge in [0.05, 0.1) is 9.62 Å². The van der Waals surface area contributed by atoms with Crippen molar-refractivity contribution in [3.8, 4) is 0 Å². The maximum atomic E-state index is 5.22. The molecule has 0 aromatic carbocycles. The topological polar surface area (TPSA) is 26.0 Å². The molecular weight excluding hydrogens is 265 g/mol. The average molecular weight is 279 g/mol. The Morgan fingerprint density at radius 2 is 2.25 bits per heavy atom. The van der Waals surface area contributed by atoms with E-state index in [0.717, 1.165) is 17.9 Å². The minimum Gasteiger partial charge on any atom is -0.360 e. The van der Waals surface area contributed by atoms with Crippen LogP contribution in [0.25, 0.3) is 0 Å². The maximum Gasteiger partial charge on any atom is 0.149 e. The van der Waals surface area contributed by atoms with Crippen LogP contribution >= 0.6 is 22.6 Å². The lowest BCUT2D eigenvalue weighted by Gasteiger charge is -1.98. The van der Waals surface area contributed by atoms with Crippen molar-refractivity contribution in [2.45, 2.75) is 37.0 Å². The van der Waals surface area contributed by atoms with Gasteiger partial charge in [-0.05, 0) is 12.3 Å². The van der Waals surface area contributed by atoms with Gasteiger partial charge in [-0.25, -0.2) is 0 Å². The van der Waals surface area contributed by atoms with E-state index in [2.05, 4.69) is 54.6 Å². The second-order valence-corrected chi connectivity index (χ2v) is 4.69. The third-order valence-corrected chi connectivity index (χ3v) is 3.30. The zero-order chi connectivity index (χ0) is 9.14. The highest BCUT2D eigenvalue weighted by Gasteiger charge is 2.12. The summed E-state index contributed by atoms with van der Waals surface area (Å²) in [4.78, 5) is 0. The molecule has 1 rings (SSSR count). The van der Waals surface area contributed by atoms with Crippen LogP contribution in [0, 0.1) is 0 Å². The first-order valence-electron chi connectivity index (χ1n) is 4.25. The van der Waals surface area contributed by atoms with Crippen LogP contribution < -0.4 is 0 Å². The Morgan fingerprint density at radius 1 is 1.58 bits per heavy atom. The summed E-state index contributed by atoms with van der Waals surface area (Å²) < 4.78 is 5.68. The second-order valence-electron chi connectivity index (χ2n) is 3.18. The van der Waals surface area contributed by atoms with Crippen molar-refractivity contribution in [1.82, 2.24) is 5.16 Å². The van der Waals surface area contributed by atoms with Gasteiger partial charge in [0.2, 0.25) is 0 Å². The van der Waals surface area contributed by atoms with E-state index >= 15 is 0 Å². The Bertz CT molecular complexity index is 244. The van der Waals surface area contributed by atoms with Gasteiger partial charge < -0.3 is 4.52 Å². The van der Waals surface area contributed by atoms with Crippen molar-refractivity contribution in [3.05, 3.63) is 17.5 Å². The van der Waals surface area contributed by atoms with E-state index in [4.69, 9.17) is 4.52 Å². The van der Waals surface area contributed by atoms with Gasteiger partial charge in [-0.15, -0.1) is 0 Å². The van der Waals surface area contributed by atoms with E-state index in [9.17, 15) is 0 Å². The smallest absolute Gasteiger partial charge is 0.149 e. The molecule has 0 saturated heterocycles. The monoisotopic (exact) mass is 279 g/mol. The second kappa shape index (κ2) is 4.25. The summed E-state index contributed by atoms with van der Waals surface area (Å²) in [6, 6.07) is 2.06. The molecule has 12 heavy (non-hydrogen) atoms. The molecule has 1 unspecified atom stereocenters. The third-order valence-electron chi connectivity index (χ3n) is 1.81. The summed E-state index contributed by atoms with van der Waals surface area (Å²) in [5, 5.41) is 4.00. The number of aromatic nitrogens is 1. The Labute approximate surface area is 86.8 Å². The molecule has 1 atom stereocenters. The van der Waals surface area contributed by atoms with Gasteiger partial charge in [0, 0.05) is 6.07 Å². The lowest BCUT2D eigenvalue weighted by molar-refractivity contribution is 0.374. The first-order chi connectivity index (χ1) is 5.65. The summed E-state index contributed by atoms with van der Waals surface area (Å²) >= 11 is 2.37. The Hall–Kier alpha value is -0.0600. The highest BCUT2D eigenvalue weighted by atomic mass is 127. The van der Waals surface area contributed by atoms with Crippen LogP contribution in [-0.2, 0) is 0 Å². The van der Waals surface area contributed by atoms with Crippen LogP contribution in [0.2, 0.25) is 0 Å². The van der Waals surface area contributed by atoms with Gasteiger partial charge in [-0.1, -0.05) is 48.5 Å². The normalized spacial score (nSPS) is 13.8. The van der Waals surface area contributed by atoms with Gasteiger partial charge in [0.1, 0.15) is 5.76 Å². The molecule has 0 aliphatic heterocycles. The highest BCUT2D eigenvalue weighted by molar-refractivity contribution is 14.1. The summed E-state index contributed by atoms with van der Waals surface area (Å²) in [5.41, 5.74) is 1.06. The van der Waals surface area contributed by atoms with E-state index < -0.39 is 0 Å². The summed E-state index contributed by atoms with van der Waals surface area (Å²) in [6.45, 7) is 6.39. The van der Waals surface area contributed by atoms with E-state index in [-0.39, 0.29) is 0 Å². The fraction of sp³-hybridized carbons (Fsp3) is 0.667. The van der Waals surface area contributed by atoms with Crippen LogP contribution in [0.4, 0.5) is 0 Å². The molecule has 0 aliphatic rings. The van der Waals surface area contributed by atoms with E-state index in [1.807, 2.05) is 0 Å². The molecule has 68 valence electrons. The predicted octanol–water partition coefficient (Wildman–Crippen LogP) is 3.68. The van der Waals surface area contributed by atoms with E-state index in [1.165, 1.54) is 0 Å². The Kier molecular flexibility index (Phi) is 3.55. The minimum atomic E-state index is 0.461. The molecule has 1 heterocycles. The minimum absolute atomic E-state index is 0.461. The van der Waals surface area contributed by atoms with Gasteiger partial charge in [0.25, 0.3) is 0 Å². The van der Waals surface area contributed by atoms with Crippen molar-refractivity contribution in [2.24, 2.45) is 0 Å². The van der Waals surface area contributed by atoms with Crippen LogP contribution in [0.5, 0.6) is 0 Å². The predicted molar refractivity (Wildman–Crippen MR) is 57.6 cm³/mol. The molecule has 0 bridgehead atoms. The lowest BCUT2D eigenvalue weighted by atomic mass is 10.1. The molecule has 0 saturated carbocycles. The molecule has 0 radical (unpaired) electrons. The number of alkyl halides is 1. The largest absolute Gasteiger partial charge is 0.360 e. The number of nitrogens with zero attached hydrogens (tertiary/aromatic N) is 1. The lowest BCUT2D eigenvalue weighted by Crippen LogP contribution is -1.85. The van der Waals surface area contributed by atoms with E-state index in [1.54, 1.807) is 0 Å². The SMILES string of the molecule is CCC(I)c1cc(C(C)C)no1. The number of halogens is 1. The van der Waals surface area contributed by atoms with E-state index in [0.29, 0.717) is 9.84 Å². The highest BCUT2D eigenvalue weighted by Crippen LogP contribution is 2.28. The van der Waals surface area contributed by atoms with Crippen LogP contribution in [0.3, 0.4) is 0 Å². The zero-order valence-corrected chi connectivity index (χ0v) is 9.83. The van der Waals surface area contributed by atoms with Crippen molar-refractivity contribution in [2.75, 3.05) is 0 Å². The first kappa shape index (κ1) is 10.0. The summed E-state index contributed by atoms with van der Waals surface area (Å²) in [6.07, 6.45) is 1.09. The molecule has 0 spiro atoms. The van der Waals surface area contributed by atoms with Gasteiger partial charge in [0.15, 0.2) is 0 Å². The molecule has 0 fully saturated rings. The van der Waals surface area contributed by atoms with Crippen molar-refractivity contribution >= 4 is 22.6 Å². The van der Waals surface area contributed by atoms with Crippen molar-refractivity contribution in [1.29, 1.82) is 0 Å². The molecule has 1 aromatic rings. The molecule has 3 heteroatoms. The molecule has 0 amide bonds. The van der Waals surface area contributed by atoms with Crippen LogP contribution in [0.1, 0.15) is 48.5 Å². The zero-order valence-electron chi connectivity index (χ0n) is 7.67. The Balaban J connectivity index is 2.77. The number of rotatable bonds is 3. The molecule has 0 aliphatic carbocycles. The number of hydrogen-bond acceptors (Lipinski definition) is 2. The van der Waals surface area contributed by atoms with Gasteiger partial charge >= 0.3 is 0 Å². The van der Waals surface area contributed by atoms with Crippen LogP contribution in [0.15, 0.2) is 10.6 Å². The van der Waals surface area contributed by atoms with Crippen molar-refractivity contribution < 1.29 is 4.52 Å². The third kappa shape index (κ3) is 2.21. The molecule has 0 N–H and O–H groups in total. The number of hydrogen-bond donors (Lipinski definition) is 0.